The fourth-order valence-corrected chi connectivity index (χ4v) is 1.22. The van der Waals surface area contributed by atoms with Gasteiger partial charge in [-0.05, 0) is 19.3 Å². The van der Waals surface area contributed by atoms with Gasteiger partial charge >= 0.3 is 5.97 Å². The molecular formula is C9H18O3. The van der Waals surface area contributed by atoms with Gasteiger partial charge < -0.3 is 10.2 Å². The van der Waals surface area contributed by atoms with Crippen LogP contribution in [0.5, 0.6) is 0 Å². The molecular weight excluding hydrogens is 156 g/mol. The molecule has 0 rings (SSSR count). The zero-order valence-electron chi connectivity index (χ0n) is 7.79. The maximum atomic E-state index is 10.6. The number of hydrogen-bond acceptors (Lipinski definition) is 2. The van der Waals surface area contributed by atoms with Gasteiger partial charge in [-0.3, -0.25) is 4.79 Å². The highest BCUT2D eigenvalue weighted by molar-refractivity contribution is 5.69. The quantitative estimate of drug-likeness (QED) is 0.643. The van der Waals surface area contributed by atoms with E-state index >= 15 is 0 Å². The highest BCUT2D eigenvalue weighted by Crippen LogP contribution is 2.14. The third kappa shape index (κ3) is 4.34. The molecule has 3 heteroatoms. The van der Waals surface area contributed by atoms with Crippen LogP contribution in [0, 0.1) is 5.92 Å². The van der Waals surface area contributed by atoms with Crippen molar-refractivity contribution in [2.24, 2.45) is 5.92 Å². The maximum absolute atomic E-state index is 10.6. The summed E-state index contributed by atoms with van der Waals surface area (Å²) in [6, 6.07) is 0. The van der Waals surface area contributed by atoms with Crippen LogP contribution in [0.4, 0.5) is 0 Å². The molecule has 72 valence electrons. The van der Waals surface area contributed by atoms with E-state index in [-0.39, 0.29) is 5.92 Å². The second kappa shape index (κ2) is 6.00. The lowest BCUT2D eigenvalue weighted by atomic mass is 9.97. The molecule has 12 heavy (non-hydrogen) atoms. The molecule has 0 aromatic heterocycles. The van der Waals surface area contributed by atoms with Crippen LogP contribution in [0.1, 0.15) is 39.5 Å². The standard InChI is InChI=1S/C9H18O3/c1-3-5-8(10)6-7(4-2)9(11)12/h7-8,10H,3-6H2,1-2H3,(H,11,12). The van der Waals surface area contributed by atoms with E-state index in [0.717, 1.165) is 6.42 Å². The van der Waals surface area contributed by atoms with E-state index in [1.165, 1.54) is 0 Å². The smallest absolute Gasteiger partial charge is 0.306 e. The Bertz CT molecular complexity index is 134. The third-order valence-electron chi connectivity index (χ3n) is 2.02. The molecule has 0 saturated heterocycles. The molecule has 2 unspecified atom stereocenters. The second-order valence-electron chi connectivity index (χ2n) is 3.12. The lowest BCUT2D eigenvalue weighted by Crippen LogP contribution is -2.19. The van der Waals surface area contributed by atoms with Gasteiger partial charge in [0.25, 0.3) is 0 Å². The van der Waals surface area contributed by atoms with E-state index in [9.17, 15) is 9.90 Å². The van der Waals surface area contributed by atoms with E-state index in [1.54, 1.807) is 0 Å². The largest absolute Gasteiger partial charge is 0.481 e. The minimum absolute atomic E-state index is 0.383. The summed E-state index contributed by atoms with van der Waals surface area (Å²) < 4.78 is 0. The minimum Gasteiger partial charge on any atom is -0.481 e. The molecule has 0 aromatic rings. The van der Waals surface area contributed by atoms with Crippen LogP contribution >= 0.6 is 0 Å². The van der Waals surface area contributed by atoms with Gasteiger partial charge in [-0.15, -0.1) is 0 Å². The van der Waals surface area contributed by atoms with Gasteiger partial charge in [-0.25, -0.2) is 0 Å². The Balaban J connectivity index is 3.77. The van der Waals surface area contributed by atoms with Crippen molar-refractivity contribution >= 4 is 5.97 Å². The minimum atomic E-state index is -0.798. The SMILES string of the molecule is CCCC(O)CC(CC)C(=O)O. The number of carboxylic acid groups (broad SMARTS) is 1. The molecule has 0 aliphatic heterocycles. The molecule has 0 spiro atoms. The Labute approximate surface area is 73.4 Å². The molecule has 0 fully saturated rings. The van der Waals surface area contributed by atoms with Crippen molar-refractivity contribution in [1.29, 1.82) is 0 Å². The Morgan fingerprint density at radius 2 is 2.00 bits per heavy atom. The average Bonchev–Trinajstić information content (AvgIpc) is 2.00. The fraction of sp³-hybridized carbons (Fsp3) is 0.889. The van der Waals surface area contributed by atoms with Gasteiger partial charge in [0.2, 0.25) is 0 Å². The Morgan fingerprint density at radius 3 is 2.33 bits per heavy atom. The normalized spacial score (nSPS) is 15.6. The first-order valence-electron chi connectivity index (χ1n) is 4.52. The van der Waals surface area contributed by atoms with Crippen molar-refractivity contribution in [3.05, 3.63) is 0 Å². The van der Waals surface area contributed by atoms with Crippen LogP contribution < -0.4 is 0 Å². The first kappa shape index (κ1) is 11.4. The van der Waals surface area contributed by atoms with Crippen molar-refractivity contribution in [3.8, 4) is 0 Å². The fourth-order valence-electron chi connectivity index (χ4n) is 1.22. The summed E-state index contributed by atoms with van der Waals surface area (Å²) in [7, 11) is 0. The Morgan fingerprint density at radius 1 is 1.42 bits per heavy atom. The zero-order valence-corrected chi connectivity index (χ0v) is 7.79. The molecule has 0 aromatic carbocycles. The summed E-state index contributed by atoms with van der Waals surface area (Å²) >= 11 is 0. The van der Waals surface area contributed by atoms with Crippen molar-refractivity contribution in [2.75, 3.05) is 0 Å². The van der Waals surface area contributed by atoms with Crippen molar-refractivity contribution < 1.29 is 15.0 Å². The first-order valence-corrected chi connectivity index (χ1v) is 4.52. The molecule has 0 radical (unpaired) electrons. The average molecular weight is 174 g/mol. The predicted octanol–water partition coefficient (Wildman–Crippen LogP) is 1.65. The maximum Gasteiger partial charge on any atom is 0.306 e. The van der Waals surface area contributed by atoms with Gasteiger partial charge in [0.15, 0.2) is 0 Å². The summed E-state index contributed by atoms with van der Waals surface area (Å²) in [5.74, 6) is -1.18. The first-order chi connectivity index (χ1) is 5.61. The number of aliphatic hydroxyl groups excluding tert-OH is 1. The van der Waals surface area contributed by atoms with Crippen molar-refractivity contribution in [2.45, 2.75) is 45.6 Å². The van der Waals surface area contributed by atoms with Crippen LogP contribution in [0.25, 0.3) is 0 Å². The zero-order chi connectivity index (χ0) is 9.56. The molecule has 0 bridgehead atoms. The topological polar surface area (TPSA) is 57.5 Å². The van der Waals surface area contributed by atoms with Crippen LogP contribution in [0.15, 0.2) is 0 Å². The molecule has 0 aliphatic rings. The molecule has 2 N–H and O–H groups in total. The van der Waals surface area contributed by atoms with Gasteiger partial charge in [0.05, 0.1) is 12.0 Å². The van der Waals surface area contributed by atoms with E-state index in [4.69, 9.17) is 5.11 Å². The number of rotatable bonds is 6. The number of hydrogen-bond donors (Lipinski definition) is 2. The molecule has 0 heterocycles. The third-order valence-corrected chi connectivity index (χ3v) is 2.02. The highest BCUT2D eigenvalue weighted by atomic mass is 16.4. The molecule has 0 amide bonds. The van der Waals surface area contributed by atoms with Crippen LogP contribution in [0.2, 0.25) is 0 Å². The van der Waals surface area contributed by atoms with Crippen molar-refractivity contribution in [1.82, 2.24) is 0 Å². The van der Waals surface area contributed by atoms with E-state index < -0.39 is 12.1 Å². The predicted molar refractivity (Wildman–Crippen MR) is 46.9 cm³/mol. The number of carboxylic acids is 1. The number of aliphatic carboxylic acids is 1. The lowest BCUT2D eigenvalue weighted by Gasteiger charge is -2.14. The van der Waals surface area contributed by atoms with Crippen LogP contribution in [0.3, 0.4) is 0 Å². The summed E-state index contributed by atoms with van der Waals surface area (Å²) in [5, 5.41) is 18.0. The van der Waals surface area contributed by atoms with Crippen LogP contribution in [-0.4, -0.2) is 22.3 Å². The summed E-state index contributed by atoms with van der Waals surface area (Å²) in [4.78, 5) is 10.6. The van der Waals surface area contributed by atoms with Gasteiger partial charge in [0, 0.05) is 0 Å². The Hall–Kier alpha value is -0.570. The molecule has 0 saturated carbocycles. The molecule has 0 aliphatic carbocycles. The van der Waals surface area contributed by atoms with E-state index in [1.807, 2.05) is 13.8 Å². The number of carbonyl (C=O) groups is 1. The second-order valence-corrected chi connectivity index (χ2v) is 3.12. The summed E-state index contributed by atoms with van der Waals surface area (Å²) in [6.07, 6.45) is 2.13. The highest BCUT2D eigenvalue weighted by Gasteiger charge is 2.18. The summed E-state index contributed by atoms with van der Waals surface area (Å²) in [5.41, 5.74) is 0. The van der Waals surface area contributed by atoms with Gasteiger partial charge in [-0.1, -0.05) is 20.3 Å². The van der Waals surface area contributed by atoms with E-state index in [0.29, 0.717) is 19.3 Å². The van der Waals surface area contributed by atoms with Crippen molar-refractivity contribution in [3.63, 3.8) is 0 Å². The Kier molecular flexibility index (Phi) is 5.72. The monoisotopic (exact) mass is 174 g/mol. The van der Waals surface area contributed by atoms with Gasteiger partial charge in [0.1, 0.15) is 0 Å². The van der Waals surface area contributed by atoms with E-state index in [2.05, 4.69) is 0 Å². The van der Waals surface area contributed by atoms with Crippen LogP contribution in [-0.2, 0) is 4.79 Å². The molecule has 2 atom stereocenters. The molecule has 3 nitrogen and oxygen atoms in total. The lowest BCUT2D eigenvalue weighted by molar-refractivity contribution is -0.143. The number of aliphatic hydroxyl groups is 1. The van der Waals surface area contributed by atoms with Gasteiger partial charge in [-0.2, -0.15) is 0 Å². The summed E-state index contributed by atoms with van der Waals surface area (Å²) in [6.45, 7) is 3.81.